The van der Waals surface area contributed by atoms with E-state index >= 15 is 0 Å². The predicted octanol–water partition coefficient (Wildman–Crippen LogP) is 3.47. The number of hydrogen-bond donors (Lipinski definition) is 1. The van der Waals surface area contributed by atoms with Gasteiger partial charge in [-0.2, -0.15) is 4.68 Å². The quantitative estimate of drug-likeness (QED) is 0.703. The van der Waals surface area contributed by atoms with Gasteiger partial charge in [0.2, 0.25) is 0 Å². The second-order valence-corrected chi connectivity index (χ2v) is 5.57. The van der Waals surface area contributed by atoms with Crippen LogP contribution in [-0.4, -0.2) is 20.2 Å². The lowest BCUT2D eigenvalue weighted by atomic mass is 10.2. The first-order valence-electron chi connectivity index (χ1n) is 5.85. The molecule has 0 atom stereocenters. The lowest BCUT2D eigenvalue weighted by molar-refractivity contribution is 0.607. The molecule has 0 spiro atoms. The van der Waals surface area contributed by atoms with E-state index in [4.69, 9.17) is 17.3 Å². The van der Waals surface area contributed by atoms with E-state index < -0.39 is 5.82 Å². The summed E-state index contributed by atoms with van der Waals surface area (Å²) in [6, 6.07) is 9.64. The van der Waals surface area contributed by atoms with Gasteiger partial charge in [-0.1, -0.05) is 27.5 Å². The van der Waals surface area contributed by atoms with E-state index in [9.17, 15) is 4.39 Å². The van der Waals surface area contributed by atoms with Crippen LogP contribution in [0.3, 0.4) is 0 Å². The van der Waals surface area contributed by atoms with Gasteiger partial charge < -0.3 is 5.73 Å². The van der Waals surface area contributed by atoms with E-state index in [1.54, 1.807) is 30.3 Å². The van der Waals surface area contributed by atoms with E-state index in [0.29, 0.717) is 26.6 Å². The molecule has 0 radical (unpaired) electrons. The first kappa shape index (κ1) is 14.0. The highest BCUT2D eigenvalue weighted by Gasteiger charge is 2.15. The Morgan fingerprint density at radius 2 is 2.00 bits per heavy atom. The van der Waals surface area contributed by atoms with Gasteiger partial charge in [-0.05, 0) is 46.8 Å². The molecule has 0 amide bonds. The van der Waals surface area contributed by atoms with Crippen molar-refractivity contribution in [1.29, 1.82) is 0 Å². The van der Waals surface area contributed by atoms with Crippen LogP contribution in [-0.2, 0) is 0 Å². The molecule has 0 unspecified atom stereocenters. The number of hydrogen-bond acceptors (Lipinski definition) is 4. The highest BCUT2D eigenvalue weighted by Crippen LogP contribution is 2.27. The van der Waals surface area contributed by atoms with Crippen LogP contribution in [0, 0.1) is 5.82 Å². The van der Waals surface area contributed by atoms with Crippen LogP contribution < -0.4 is 5.73 Å². The van der Waals surface area contributed by atoms with E-state index in [1.165, 1.54) is 10.7 Å². The average molecular weight is 369 g/mol. The monoisotopic (exact) mass is 367 g/mol. The molecule has 0 fully saturated rings. The van der Waals surface area contributed by atoms with Crippen molar-refractivity contribution in [3.63, 3.8) is 0 Å². The zero-order valence-electron chi connectivity index (χ0n) is 10.5. The largest absolute Gasteiger partial charge is 0.398 e. The third-order valence-electron chi connectivity index (χ3n) is 2.86. The van der Waals surface area contributed by atoms with Crippen LogP contribution in [0.2, 0.25) is 5.02 Å². The smallest absolute Gasteiger partial charge is 0.187 e. The summed E-state index contributed by atoms with van der Waals surface area (Å²) in [4.78, 5) is 0. The molecule has 8 heteroatoms. The Bertz CT molecular complexity index is 820. The van der Waals surface area contributed by atoms with Crippen LogP contribution in [0.5, 0.6) is 0 Å². The molecule has 21 heavy (non-hydrogen) atoms. The summed E-state index contributed by atoms with van der Waals surface area (Å²) in [7, 11) is 0. The van der Waals surface area contributed by atoms with Gasteiger partial charge in [-0.25, -0.2) is 4.39 Å². The second-order valence-electron chi connectivity index (χ2n) is 4.25. The minimum atomic E-state index is -0.445. The topological polar surface area (TPSA) is 69.6 Å². The minimum Gasteiger partial charge on any atom is -0.398 e. The molecule has 0 bridgehead atoms. The Hall–Kier alpha value is -1.99. The maximum atomic E-state index is 14.1. The SMILES string of the molecule is Nc1cc(-c2nnnn2-c2ccc(Br)cc2F)ccc1Cl. The Morgan fingerprint density at radius 3 is 2.71 bits per heavy atom. The van der Waals surface area contributed by atoms with Crippen LogP contribution in [0.1, 0.15) is 0 Å². The number of benzene rings is 2. The molecular formula is C13H8BrClFN5. The number of halogens is 3. The van der Waals surface area contributed by atoms with Crippen molar-refractivity contribution in [2.45, 2.75) is 0 Å². The van der Waals surface area contributed by atoms with Crippen molar-refractivity contribution in [3.8, 4) is 17.1 Å². The first-order chi connectivity index (χ1) is 10.1. The summed E-state index contributed by atoms with van der Waals surface area (Å²) < 4.78 is 16.0. The van der Waals surface area contributed by atoms with E-state index in [-0.39, 0.29) is 5.69 Å². The van der Waals surface area contributed by atoms with Crippen molar-refractivity contribution >= 4 is 33.2 Å². The fourth-order valence-corrected chi connectivity index (χ4v) is 2.32. The van der Waals surface area contributed by atoms with Crippen molar-refractivity contribution in [1.82, 2.24) is 20.2 Å². The Morgan fingerprint density at radius 1 is 1.19 bits per heavy atom. The Kier molecular flexibility index (Phi) is 3.60. The Labute approximate surface area is 132 Å². The fourth-order valence-electron chi connectivity index (χ4n) is 1.87. The van der Waals surface area contributed by atoms with Crippen LogP contribution >= 0.6 is 27.5 Å². The molecule has 1 heterocycles. The molecule has 0 saturated heterocycles. The lowest BCUT2D eigenvalue weighted by Gasteiger charge is -2.07. The number of nitrogens with two attached hydrogens (primary N) is 1. The number of aromatic nitrogens is 4. The normalized spacial score (nSPS) is 10.8. The van der Waals surface area contributed by atoms with Gasteiger partial charge in [0.1, 0.15) is 11.5 Å². The number of anilines is 1. The van der Waals surface area contributed by atoms with Gasteiger partial charge in [0, 0.05) is 10.0 Å². The summed E-state index contributed by atoms with van der Waals surface area (Å²) >= 11 is 9.10. The number of nitrogens with zero attached hydrogens (tertiary/aromatic N) is 4. The van der Waals surface area contributed by atoms with Crippen LogP contribution in [0.25, 0.3) is 17.1 Å². The predicted molar refractivity (Wildman–Crippen MR) is 81.7 cm³/mol. The number of tetrazole rings is 1. The highest BCUT2D eigenvalue weighted by molar-refractivity contribution is 9.10. The molecule has 5 nitrogen and oxygen atoms in total. The standard InChI is InChI=1S/C13H8BrClFN5/c14-8-2-4-12(10(16)6-8)21-13(18-19-20-21)7-1-3-9(15)11(17)5-7/h1-6H,17H2. The molecule has 106 valence electrons. The number of rotatable bonds is 2. The van der Waals surface area contributed by atoms with E-state index in [0.717, 1.165) is 0 Å². The molecule has 3 rings (SSSR count). The third kappa shape index (κ3) is 2.62. The zero-order valence-corrected chi connectivity index (χ0v) is 12.8. The van der Waals surface area contributed by atoms with Crippen LogP contribution in [0.15, 0.2) is 40.9 Å². The maximum Gasteiger partial charge on any atom is 0.187 e. The van der Waals surface area contributed by atoms with Gasteiger partial charge in [-0.15, -0.1) is 5.10 Å². The van der Waals surface area contributed by atoms with Gasteiger partial charge >= 0.3 is 0 Å². The molecule has 0 aliphatic heterocycles. The maximum absolute atomic E-state index is 14.1. The molecule has 3 aromatic rings. The summed E-state index contributed by atoms with van der Waals surface area (Å²) in [5.74, 6) is -0.0700. The first-order valence-corrected chi connectivity index (χ1v) is 7.02. The summed E-state index contributed by atoms with van der Waals surface area (Å²) in [6.45, 7) is 0. The molecule has 1 aromatic heterocycles. The van der Waals surface area contributed by atoms with Crippen molar-refractivity contribution in [3.05, 3.63) is 51.7 Å². The fraction of sp³-hybridized carbons (Fsp3) is 0. The van der Waals surface area contributed by atoms with Gasteiger partial charge in [0.05, 0.1) is 10.7 Å². The lowest BCUT2D eigenvalue weighted by Crippen LogP contribution is -2.03. The second kappa shape index (κ2) is 5.42. The van der Waals surface area contributed by atoms with Gasteiger partial charge in [-0.3, -0.25) is 0 Å². The van der Waals surface area contributed by atoms with Crippen molar-refractivity contribution in [2.75, 3.05) is 5.73 Å². The highest BCUT2D eigenvalue weighted by atomic mass is 79.9. The molecular weight excluding hydrogens is 361 g/mol. The molecule has 2 N–H and O–H groups in total. The average Bonchev–Trinajstić information content (AvgIpc) is 2.91. The van der Waals surface area contributed by atoms with E-state index in [1.807, 2.05) is 0 Å². The summed E-state index contributed by atoms with van der Waals surface area (Å²) in [5.41, 5.74) is 7.06. The van der Waals surface area contributed by atoms with E-state index in [2.05, 4.69) is 31.5 Å². The molecule has 0 aliphatic rings. The summed E-state index contributed by atoms with van der Waals surface area (Å²) in [5, 5.41) is 11.8. The number of nitrogen functional groups attached to an aromatic ring is 1. The van der Waals surface area contributed by atoms with Crippen molar-refractivity contribution < 1.29 is 4.39 Å². The summed E-state index contributed by atoms with van der Waals surface area (Å²) in [6.07, 6.45) is 0. The molecule has 0 saturated carbocycles. The third-order valence-corrected chi connectivity index (χ3v) is 3.70. The molecule has 0 aliphatic carbocycles. The molecule has 2 aromatic carbocycles. The van der Waals surface area contributed by atoms with Crippen LogP contribution in [0.4, 0.5) is 10.1 Å². The van der Waals surface area contributed by atoms with Gasteiger partial charge in [0.25, 0.3) is 0 Å². The Balaban J connectivity index is 2.14. The van der Waals surface area contributed by atoms with Crippen molar-refractivity contribution in [2.24, 2.45) is 0 Å². The zero-order chi connectivity index (χ0) is 15.0. The van der Waals surface area contributed by atoms with Gasteiger partial charge in [0.15, 0.2) is 5.82 Å². The minimum absolute atomic E-state index is 0.242.